The Bertz CT molecular complexity index is 1340. The first-order chi connectivity index (χ1) is 16.7. The fourth-order valence-corrected chi connectivity index (χ4v) is 3.51. The van der Waals surface area contributed by atoms with E-state index in [4.69, 9.17) is 0 Å². The van der Waals surface area contributed by atoms with Crippen LogP contribution >= 0.6 is 0 Å². The third-order valence-electron chi connectivity index (χ3n) is 4.95. The van der Waals surface area contributed by atoms with Crippen molar-refractivity contribution < 1.29 is 31.5 Å². The Kier molecular flexibility index (Phi) is 6.72. The van der Waals surface area contributed by atoms with Crippen molar-refractivity contribution in [2.45, 2.75) is 12.8 Å². The van der Waals surface area contributed by atoms with Gasteiger partial charge in [0.2, 0.25) is 0 Å². The Morgan fingerprint density at radius 3 is 2.37 bits per heavy atom. The number of rotatable bonds is 6. The highest BCUT2D eigenvalue weighted by Crippen LogP contribution is 2.41. The summed E-state index contributed by atoms with van der Waals surface area (Å²) in [7, 11) is 0. The Morgan fingerprint density at radius 2 is 1.66 bits per heavy atom. The molecule has 10 heteroatoms. The number of hydrogen-bond acceptors (Lipinski definition) is 4. The van der Waals surface area contributed by atoms with Crippen LogP contribution in [0.4, 0.5) is 27.6 Å². The molecule has 0 unspecified atom stereocenters. The highest BCUT2D eigenvalue weighted by atomic mass is 19.4. The van der Waals surface area contributed by atoms with Gasteiger partial charge in [-0.1, -0.05) is 24.3 Å². The molecule has 0 saturated carbocycles. The van der Waals surface area contributed by atoms with Crippen molar-refractivity contribution in [3.63, 3.8) is 0 Å². The molecule has 1 N–H and O–H groups in total. The minimum absolute atomic E-state index is 0.0669. The fourth-order valence-electron chi connectivity index (χ4n) is 3.51. The molecule has 35 heavy (non-hydrogen) atoms. The van der Waals surface area contributed by atoms with Crippen LogP contribution in [0.25, 0.3) is 22.4 Å². The monoisotopic (exact) mass is 485 g/mol. The molecule has 0 aliphatic heterocycles. The van der Waals surface area contributed by atoms with Crippen LogP contribution in [0.15, 0.2) is 85.3 Å². The van der Waals surface area contributed by atoms with Gasteiger partial charge in [-0.2, -0.15) is 22.0 Å². The lowest BCUT2D eigenvalue weighted by molar-refractivity contribution is -0.137. The third kappa shape index (κ3) is 5.43. The zero-order chi connectivity index (χ0) is 25.0. The second-order valence-electron chi connectivity index (χ2n) is 7.23. The van der Waals surface area contributed by atoms with E-state index in [0.717, 1.165) is 6.07 Å². The maximum Gasteiger partial charge on any atom is 0.417 e. The minimum atomic E-state index is -4.67. The Balaban J connectivity index is 1.71. The largest absolute Gasteiger partial charge is 0.432 e. The predicted molar refractivity (Wildman–Crippen MR) is 119 cm³/mol. The molecule has 2 aromatic carbocycles. The predicted octanol–water partition coefficient (Wildman–Crippen LogP) is 6.68. The summed E-state index contributed by atoms with van der Waals surface area (Å²) >= 11 is 0. The Morgan fingerprint density at radius 1 is 0.914 bits per heavy atom. The first-order valence-corrected chi connectivity index (χ1v) is 10.2. The molecule has 0 bridgehead atoms. The first kappa shape index (κ1) is 23.8. The molecule has 1 amide bonds. The van der Waals surface area contributed by atoms with Crippen molar-refractivity contribution in [2.24, 2.45) is 0 Å². The van der Waals surface area contributed by atoms with E-state index in [1.54, 1.807) is 6.07 Å². The molecule has 4 aromatic rings. The fraction of sp³-hybridized carbons (Fsp3) is 0.0800. The van der Waals surface area contributed by atoms with Crippen molar-refractivity contribution >= 4 is 11.6 Å². The number of pyridine rings is 2. The van der Waals surface area contributed by atoms with E-state index in [-0.39, 0.29) is 33.8 Å². The van der Waals surface area contributed by atoms with Crippen LogP contribution in [0.5, 0.6) is 5.75 Å². The number of carbonyl (C=O) groups is 1. The molecule has 2 heterocycles. The van der Waals surface area contributed by atoms with Gasteiger partial charge in [0.25, 0.3) is 5.91 Å². The lowest BCUT2D eigenvalue weighted by atomic mass is 9.98. The van der Waals surface area contributed by atoms with Crippen LogP contribution in [0, 0.1) is 0 Å². The van der Waals surface area contributed by atoms with Crippen LogP contribution < -0.4 is 10.1 Å². The summed E-state index contributed by atoms with van der Waals surface area (Å²) in [6.07, 6.45) is -0.603. The van der Waals surface area contributed by atoms with Gasteiger partial charge in [0.15, 0.2) is 5.75 Å². The minimum Gasteiger partial charge on any atom is -0.432 e. The van der Waals surface area contributed by atoms with Crippen LogP contribution in [-0.2, 0) is 6.18 Å². The zero-order valence-electron chi connectivity index (χ0n) is 17.8. The van der Waals surface area contributed by atoms with Gasteiger partial charge in [0.1, 0.15) is 5.69 Å². The molecule has 0 spiro atoms. The van der Waals surface area contributed by atoms with Gasteiger partial charge in [-0.15, -0.1) is 0 Å². The van der Waals surface area contributed by atoms with Crippen molar-refractivity contribution in [3.8, 4) is 28.1 Å². The van der Waals surface area contributed by atoms with E-state index in [2.05, 4.69) is 20.0 Å². The zero-order valence-corrected chi connectivity index (χ0v) is 17.8. The average molecular weight is 485 g/mol. The number of carbonyl (C=O) groups excluding carboxylic acids is 1. The van der Waals surface area contributed by atoms with Crippen LogP contribution in [-0.4, -0.2) is 22.5 Å². The van der Waals surface area contributed by atoms with Gasteiger partial charge < -0.3 is 10.1 Å². The molecule has 0 saturated heterocycles. The van der Waals surface area contributed by atoms with E-state index in [1.165, 1.54) is 73.2 Å². The number of anilines is 1. The van der Waals surface area contributed by atoms with Crippen molar-refractivity contribution in [2.75, 3.05) is 5.32 Å². The van der Waals surface area contributed by atoms with Gasteiger partial charge in [0, 0.05) is 46.5 Å². The van der Waals surface area contributed by atoms with Crippen molar-refractivity contribution in [1.29, 1.82) is 0 Å². The first-order valence-electron chi connectivity index (χ1n) is 10.2. The van der Waals surface area contributed by atoms with Crippen LogP contribution in [0.3, 0.4) is 0 Å². The van der Waals surface area contributed by atoms with Crippen molar-refractivity contribution in [3.05, 3.63) is 96.4 Å². The van der Waals surface area contributed by atoms with E-state index in [0.29, 0.717) is 5.56 Å². The number of ether oxygens (including phenoxy) is 1. The van der Waals surface area contributed by atoms with Crippen LogP contribution in [0.1, 0.15) is 15.9 Å². The lowest BCUT2D eigenvalue weighted by Gasteiger charge is -2.18. The standard InChI is InChI=1S/C25H16F5N3O2/c26-24(27)35-20-10-4-12-32-22(20)15-5-1-6-16(13-15)23(34)33-19-9-2-8-18(25(28,29)30)21(19)17-7-3-11-31-14-17/h1-14,24H,(H,33,34). The number of nitrogens with zero attached hydrogens (tertiary/aromatic N) is 2. The molecule has 0 aliphatic carbocycles. The molecular formula is C25H16F5N3O2. The Hall–Kier alpha value is -4.34. The number of amides is 1. The normalized spacial score (nSPS) is 11.4. The molecule has 0 fully saturated rings. The van der Waals surface area contributed by atoms with Gasteiger partial charge in [-0.25, -0.2) is 0 Å². The summed E-state index contributed by atoms with van der Waals surface area (Å²) in [5.74, 6) is -0.889. The third-order valence-corrected chi connectivity index (χ3v) is 4.95. The van der Waals surface area contributed by atoms with E-state index < -0.39 is 24.3 Å². The quantitative estimate of drug-likeness (QED) is 0.310. The number of hydrogen-bond donors (Lipinski definition) is 1. The maximum absolute atomic E-state index is 13.7. The molecule has 178 valence electrons. The topological polar surface area (TPSA) is 64.1 Å². The SMILES string of the molecule is O=C(Nc1cccc(C(F)(F)F)c1-c1cccnc1)c1cccc(-c2ncccc2OC(F)F)c1. The number of aromatic nitrogens is 2. The summed E-state index contributed by atoms with van der Waals surface area (Å²) in [4.78, 5) is 21.0. The summed E-state index contributed by atoms with van der Waals surface area (Å²) < 4.78 is 71.2. The summed E-state index contributed by atoms with van der Waals surface area (Å²) in [6, 6.07) is 15.0. The Labute approximate surface area is 196 Å². The van der Waals surface area contributed by atoms with Gasteiger partial charge in [-0.3, -0.25) is 14.8 Å². The summed E-state index contributed by atoms with van der Waals surface area (Å²) in [6.45, 7) is -3.07. The van der Waals surface area contributed by atoms with Gasteiger partial charge in [-0.05, 0) is 42.5 Å². The van der Waals surface area contributed by atoms with Crippen molar-refractivity contribution in [1.82, 2.24) is 9.97 Å². The summed E-state index contributed by atoms with van der Waals surface area (Å²) in [5.41, 5.74) is -0.586. The summed E-state index contributed by atoms with van der Waals surface area (Å²) in [5, 5.41) is 2.52. The van der Waals surface area contributed by atoms with E-state index in [1.807, 2.05) is 0 Å². The molecule has 2 aromatic heterocycles. The molecule has 0 atom stereocenters. The number of halogens is 5. The number of nitrogens with one attached hydrogen (secondary N) is 1. The molecule has 4 rings (SSSR count). The van der Waals surface area contributed by atoms with Crippen LogP contribution in [0.2, 0.25) is 0 Å². The van der Waals surface area contributed by atoms with E-state index in [9.17, 15) is 26.7 Å². The smallest absolute Gasteiger partial charge is 0.417 e. The van der Waals surface area contributed by atoms with Gasteiger partial charge >= 0.3 is 12.8 Å². The molecule has 5 nitrogen and oxygen atoms in total. The molecule has 0 aliphatic rings. The molecular weight excluding hydrogens is 469 g/mol. The molecule has 0 radical (unpaired) electrons. The van der Waals surface area contributed by atoms with E-state index >= 15 is 0 Å². The highest BCUT2D eigenvalue weighted by Gasteiger charge is 2.35. The number of alkyl halides is 5. The second kappa shape index (κ2) is 9.88. The second-order valence-corrected chi connectivity index (χ2v) is 7.23. The number of benzene rings is 2. The maximum atomic E-state index is 13.7. The van der Waals surface area contributed by atoms with Gasteiger partial charge in [0.05, 0.1) is 5.56 Å². The highest BCUT2D eigenvalue weighted by molar-refractivity contribution is 6.07. The average Bonchev–Trinajstić information content (AvgIpc) is 2.84. The lowest BCUT2D eigenvalue weighted by Crippen LogP contribution is -2.15.